The standard InChI is InChI=1S/C75H129NO3/c1-3-5-7-9-11-13-15-17-19-21-23-25-27-29-31-33-35-37-38-39-41-43-45-47-49-51-53-55-57-59-61-63-65-67-69-71-75(79)76-73(72-77)74(78)70-68-66-64-62-60-58-56-54-52-50-48-46-44-42-40-36-34-32-30-28-26-24-22-20-18-16-14-12-10-8-6-4-2/h5,7,11,13,17,19,23,25,29,31,35,37,39,41,45,47,52,54,60,62,68,70,73-74,77-78H,3-4,6,8-10,12,14-16,18,20-22,24,26-28,30,32-34,36,38,40,42-44,46,48-51,53,55-59,61,63-67,69,71-72H2,1-2H3,(H,76,79)/b7-5-,13-11-,19-17-,25-23-,31-29-,37-35-,41-39-,47-45-,54-52+,62-60+,70-68+. The number of carbonyl (C=O) groups is 1. The molecule has 0 radical (unpaired) electrons. The maximum absolute atomic E-state index is 12.5. The Morgan fingerprint density at radius 3 is 0.886 bits per heavy atom. The molecule has 0 rings (SSSR count). The summed E-state index contributed by atoms with van der Waals surface area (Å²) < 4.78 is 0. The van der Waals surface area contributed by atoms with E-state index in [4.69, 9.17) is 0 Å². The van der Waals surface area contributed by atoms with E-state index in [1.54, 1.807) is 6.08 Å². The number of allylic oxidation sites excluding steroid dienone is 21. The van der Waals surface area contributed by atoms with Gasteiger partial charge in [0, 0.05) is 6.42 Å². The molecule has 0 aliphatic carbocycles. The highest BCUT2D eigenvalue weighted by Gasteiger charge is 2.18. The molecule has 1 amide bonds. The van der Waals surface area contributed by atoms with E-state index in [0.29, 0.717) is 6.42 Å². The van der Waals surface area contributed by atoms with Crippen molar-refractivity contribution in [2.75, 3.05) is 6.61 Å². The average molecular weight is 1090 g/mol. The van der Waals surface area contributed by atoms with Crippen molar-refractivity contribution in [3.05, 3.63) is 134 Å². The van der Waals surface area contributed by atoms with E-state index in [-0.39, 0.29) is 12.5 Å². The summed E-state index contributed by atoms with van der Waals surface area (Å²) in [7, 11) is 0. The Morgan fingerprint density at radius 2 is 0.570 bits per heavy atom. The molecule has 452 valence electrons. The minimum Gasteiger partial charge on any atom is -0.394 e. The van der Waals surface area contributed by atoms with Gasteiger partial charge in [-0.2, -0.15) is 0 Å². The first-order chi connectivity index (χ1) is 39.2. The molecule has 3 N–H and O–H groups in total. The summed E-state index contributed by atoms with van der Waals surface area (Å²) in [5.74, 6) is -0.0855. The van der Waals surface area contributed by atoms with Crippen LogP contribution in [0.3, 0.4) is 0 Å². The highest BCUT2D eigenvalue weighted by molar-refractivity contribution is 5.76. The van der Waals surface area contributed by atoms with E-state index in [2.05, 4.69) is 141 Å². The van der Waals surface area contributed by atoms with Gasteiger partial charge in [0.2, 0.25) is 5.91 Å². The summed E-state index contributed by atoms with van der Waals surface area (Å²) in [6.07, 6.45) is 107. The van der Waals surface area contributed by atoms with Gasteiger partial charge in [-0.1, -0.05) is 334 Å². The maximum Gasteiger partial charge on any atom is 0.220 e. The van der Waals surface area contributed by atoms with Gasteiger partial charge >= 0.3 is 0 Å². The van der Waals surface area contributed by atoms with Crippen molar-refractivity contribution in [3.8, 4) is 0 Å². The van der Waals surface area contributed by atoms with Crippen LogP contribution in [0.25, 0.3) is 0 Å². The predicted octanol–water partition coefficient (Wildman–Crippen LogP) is 23.3. The molecule has 0 aliphatic rings. The molecule has 0 aliphatic heterocycles. The highest BCUT2D eigenvalue weighted by Crippen LogP contribution is 2.17. The second kappa shape index (κ2) is 68.8. The van der Waals surface area contributed by atoms with Crippen molar-refractivity contribution in [2.45, 2.75) is 328 Å². The van der Waals surface area contributed by atoms with Crippen LogP contribution in [0, 0.1) is 0 Å². The summed E-state index contributed by atoms with van der Waals surface area (Å²) in [6, 6.07) is -0.659. The molecule has 2 atom stereocenters. The van der Waals surface area contributed by atoms with Crippen LogP contribution in [0.5, 0.6) is 0 Å². The summed E-state index contributed by atoms with van der Waals surface area (Å²) in [5.41, 5.74) is 0. The molecule has 79 heavy (non-hydrogen) atoms. The van der Waals surface area contributed by atoms with Gasteiger partial charge in [-0.05, 0) is 109 Å². The summed E-state index contributed by atoms with van der Waals surface area (Å²) in [6.45, 7) is 4.20. The molecule has 0 heterocycles. The first-order valence-electron chi connectivity index (χ1n) is 33.9. The molecule has 0 aromatic heterocycles. The first kappa shape index (κ1) is 75.5. The minimum absolute atomic E-state index is 0.0855. The van der Waals surface area contributed by atoms with Crippen molar-refractivity contribution in [1.82, 2.24) is 5.32 Å². The van der Waals surface area contributed by atoms with Crippen molar-refractivity contribution >= 4 is 5.91 Å². The lowest BCUT2D eigenvalue weighted by molar-refractivity contribution is -0.123. The van der Waals surface area contributed by atoms with Crippen LogP contribution in [0.1, 0.15) is 316 Å². The van der Waals surface area contributed by atoms with E-state index < -0.39 is 12.1 Å². The number of aliphatic hydroxyl groups excluding tert-OH is 2. The van der Waals surface area contributed by atoms with Crippen LogP contribution in [-0.4, -0.2) is 34.9 Å². The number of unbranched alkanes of at least 4 members (excludes halogenated alkanes) is 34. The molecule has 0 spiro atoms. The van der Waals surface area contributed by atoms with Gasteiger partial charge < -0.3 is 15.5 Å². The van der Waals surface area contributed by atoms with Crippen molar-refractivity contribution < 1.29 is 15.0 Å². The predicted molar refractivity (Wildman–Crippen MR) is 354 cm³/mol. The summed E-state index contributed by atoms with van der Waals surface area (Å²) in [5, 5.41) is 23.2. The zero-order chi connectivity index (χ0) is 56.9. The largest absolute Gasteiger partial charge is 0.394 e. The Labute approximate surface area is 491 Å². The van der Waals surface area contributed by atoms with Crippen LogP contribution >= 0.6 is 0 Å². The van der Waals surface area contributed by atoms with Gasteiger partial charge in [0.25, 0.3) is 0 Å². The van der Waals surface area contributed by atoms with E-state index in [1.165, 1.54) is 199 Å². The fourth-order valence-corrected chi connectivity index (χ4v) is 9.76. The van der Waals surface area contributed by atoms with Gasteiger partial charge in [-0.25, -0.2) is 0 Å². The van der Waals surface area contributed by atoms with Gasteiger partial charge in [0.15, 0.2) is 0 Å². The molecule has 4 heteroatoms. The molecule has 0 aromatic carbocycles. The molecular formula is C75H129NO3. The lowest BCUT2D eigenvalue weighted by atomic mass is 10.0. The molecule has 4 nitrogen and oxygen atoms in total. The molecular weight excluding hydrogens is 963 g/mol. The van der Waals surface area contributed by atoms with Crippen LogP contribution in [-0.2, 0) is 4.79 Å². The monoisotopic (exact) mass is 1090 g/mol. The molecule has 0 saturated carbocycles. The lowest BCUT2D eigenvalue weighted by Gasteiger charge is -2.19. The third-order valence-corrected chi connectivity index (χ3v) is 14.8. The number of amides is 1. The topological polar surface area (TPSA) is 69.6 Å². The van der Waals surface area contributed by atoms with Gasteiger partial charge in [-0.3, -0.25) is 4.79 Å². The second-order valence-corrected chi connectivity index (χ2v) is 22.5. The Kier molecular flexibility index (Phi) is 65.8. The Hall–Kier alpha value is -3.47. The normalized spacial score (nSPS) is 13.6. The van der Waals surface area contributed by atoms with E-state index in [0.717, 1.165) is 96.3 Å². The number of carbonyl (C=O) groups excluding carboxylic acids is 1. The Bertz CT molecular complexity index is 1570. The van der Waals surface area contributed by atoms with Crippen LogP contribution in [0.15, 0.2) is 134 Å². The third-order valence-electron chi connectivity index (χ3n) is 14.8. The lowest BCUT2D eigenvalue weighted by Crippen LogP contribution is -2.45. The van der Waals surface area contributed by atoms with Crippen LogP contribution < -0.4 is 5.32 Å². The fraction of sp³-hybridized carbons (Fsp3) is 0.693. The molecule has 0 fully saturated rings. The van der Waals surface area contributed by atoms with Crippen molar-refractivity contribution in [1.29, 1.82) is 0 Å². The number of hydrogen-bond acceptors (Lipinski definition) is 3. The minimum atomic E-state index is -0.883. The van der Waals surface area contributed by atoms with Crippen molar-refractivity contribution in [2.24, 2.45) is 0 Å². The van der Waals surface area contributed by atoms with Gasteiger partial charge in [0.1, 0.15) is 0 Å². The van der Waals surface area contributed by atoms with Crippen LogP contribution in [0.2, 0.25) is 0 Å². The second-order valence-electron chi connectivity index (χ2n) is 22.5. The molecule has 2 unspecified atom stereocenters. The fourth-order valence-electron chi connectivity index (χ4n) is 9.76. The Morgan fingerprint density at radius 1 is 0.316 bits per heavy atom. The van der Waals surface area contributed by atoms with E-state index in [1.807, 2.05) is 6.08 Å². The highest BCUT2D eigenvalue weighted by atomic mass is 16.3. The smallest absolute Gasteiger partial charge is 0.220 e. The average Bonchev–Trinajstić information content (AvgIpc) is 3.45. The number of rotatable bonds is 61. The molecule has 0 aromatic rings. The number of nitrogens with one attached hydrogen (secondary N) is 1. The van der Waals surface area contributed by atoms with Gasteiger partial charge in [0.05, 0.1) is 18.8 Å². The van der Waals surface area contributed by atoms with E-state index >= 15 is 0 Å². The van der Waals surface area contributed by atoms with Gasteiger partial charge in [-0.15, -0.1) is 0 Å². The first-order valence-corrected chi connectivity index (χ1v) is 33.9. The summed E-state index contributed by atoms with van der Waals surface area (Å²) >= 11 is 0. The molecule has 0 saturated heterocycles. The number of hydrogen-bond donors (Lipinski definition) is 3. The molecule has 0 bridgehead atoms. The number of aliphatic hydroxyl groups is 2. The third kappa shape index (κ3) is 65.2. The van der Waals surface area contributed by atoms with Crippen LogP contribution in [0.4, 0.5) is 0 Å². The SMILES string of the molecule is CC/C=C\C/C=C\C/C=C\C/C=C\C/C=C\C/C=C\C/C=C\C/C=C\CCCCCCCCCCCCC(=O)NC(CO)C(O)/C=C/CC/C=C/CC/C=C/CCCCCCCCCCCCCCCCCCCCCCCC. The maximum atomic E-state index is 12.5. The van der Waals surface area contributed by atoms with Crippen molar-refractivity contribution in [3.63, 3.8) is 0 Å². The quantitative estimate of drug-likeness (QED) is 0.0420. The van der Waals surface area contributed by atoms with E-state index in [9.17, 15) is 15.0 Å². The summed E-state index contributed by atoms with van der Waals surface area (Å²) in [4.78, 5) is 12.5. The zero-order valence-electron chi connectivity index (χ0n) is 52.1. The Balaban J connectivity index is 3.59. The zero-order valence-corrected chi connectivity index (χ0v) is 52.1.